The first-order chi connectivity index (χ1) is 8.11. The van der Waals surface area contributed by atoms with E-state index in [2.05, 4.69) is 4.98 Å². The molecule has 94 valence electrons. The van der Waals surface area contributed by atoms with Crippen molar-refractivity contribution in [1.82, 2.24) is 9.55 Å². The van der Waals surface area contributed by atoms with E-state index in [0.29, 0.717) is 12.4 Å². The molecule has 1 saturated heterocycles. The van der Waals surface area contributed by atoms with Gasteiger partial charge in [-0.3, -0.25) is 4.57 Å². The van der Waals surface area contributed by atoms with E-state index in [0.717, 1.165) is 5.56 Å². The SMILES string of the molecule is COCC1OC(n2cc(C)c(N)nc2=O)CS1. The monoisotopic (exact) mass is 257 g/mol. The number of aryl methyl sites for hydroxylation is 1. The van der Waals surface area contributed by atoms with Crippen molar-refractivity contribution in [1.29, 1.82) is 0 Å². The van der Waals surface area contributed by atoms with Gasteiger partial charge in [0, 0.05) is 24.6 Å². The summed E-state index contributed by atoms with van der Waals surface area (Å²) in [7, 11) is 1.62. The zero-order valence-electron chi connectivity index (χ0n) is 9.75. The van der Waals surface area contributed by atoms with E-state index >= 15 is 0 Å². The summed E-state index contributed by atoms with van der Waals surface area (Å²) in [6.45, 7) is 2.32. The van der Waals surface area contributed by atoms with Crippen LogP contribution in [0.25, 0.3) is 0 Å². The average Bonchev–Trinajstić information content (AvgIpc) is 2.72. The Morgan fingerprint density at radius 1 is 1.76 bits per heavy atom. The lowest BCUT2D eigenvalue weighted by molar-refractivity contribution is -0.0152. The van der Waals surface area contributed by atoms with Crippen molar-refractivity contribution < 1.29 is 9.47 Å². The molecule has 2 rings (SSSR count). The summed E-state index contributed by atoms with van der Waals surface area (Å²) in [6, 6.07) is 0. The number of ether oxygens (including phenoxy) is 2. The van der Waals surface area contributed by atoms with Crippen LogP contribution in [0.3, 0.4) is 0 Å². The van der Waals surface area contributed by atoms with Crippen LogP contribution in [-0.4, -0.2) is 34.5 Å². The number of hydrogen-bond donors (Lipinski definition) is 1. The first-order valence-electron chi connectivity index (χ1n) is 5.23. The largest absolute Gasteiger partial charge is 0.383 e. The molecule has 0 bridgehead atoms. The van der Waals surface area contributed by atoms with Gasteiger partial charge in [0.05, 0.1) is 6.61 Å². The first-order valence-corrected chi connectivity index (χ1v) is 6.28. The van der Waals surface area contributed by atoms with E-state index in [4.69, 9.17) is 15.2 Å². The number of thioether (sulfide) groups is 1. The Morgan fingerprint density at radius 3 is 3.24 bits per heavy atom. The molecule has 1 fully saturated rings. The predicted octanol–water partition coefficient (Wildman–Crippen LogP) is 0.368. The van der Waals surface area contributed by atoms with Crippen LogP contribution in [0.4, 0.5) is 5.82 Å². The smallest absolute Gasteiger partial charge is 0.351 e. The molecule has 2 N–H and O–H groups in total. The summed E-state index contributed by atoms with van der Waals surface area (Å²) in [5.41, 5.74) is 5.93. The fourth-order valence-electron chi connectivity index (χ4n) is 1.60. The van der Waals surface area contributed by atoms with Gasteiger partial charge >= 0.3 is 5.69 Å². The summed E-state index contributed by atoms with van der Waals surface area (Å²) in [6.07, 6.45) is 1.39. The third-order valence-electron chi connectivity index (χ3n) is 2.52. The van der Waals surface area contributed by atoms with Gasteiger partial charge in [0.25, 0.3) is 0 Å². The lowest BCUT2D eigenvalue weighted by atomic mass is 10.3. The van der Waals surface area contributed by atoms with Gasteiger partial charge in [-0.25, -0.2) is 4.79 Å². The van der Waals surface area contributed by atoms with E-state index in [1.165, 1.54) is 4.57 Å². The Bertz CT molecular complexity index is 463. The van der Waals surface area contributed by atoms with Crippen LogP contribution in [0, 0.1) is 6.92 Å². The summed E-state index contributed by atoms with van der Waals surface area (Å²) < 4.78 is 12.2. The van der Waals surface area contributed by atoms with Crippen molar-refractivity contribution >= 4 is 17.6 Å². The highest BCUT2D eigenvalue weighted by Gasteiger charge is 2.28. The lowest BCUT2D eigenvalue weighted by Gasteiger charge is -2.15. The number of nitrogens with zero attached hydrogens (tertiary/aromatic N) is 2. The molecule has 0 saturated carbocycles. The van der Waals surface area contributed by atoms with Crippen molar-refractivity contribution in [2.45, 2.75) is 18.6 Å². The fourth-order valence-corrected chi connectivity index (χ4v) is 2.66. The van der Waals surface area contributed by atoms with E-state index < -0.39 is 0 Å². The van der Waals surface area contributed by atoms with Gasteiger partial charge in [0.1, 0.15) is 17.5 Å². The van der Waals surface area contributed by atoms with Gasteiger partial charge in [-0.2, -0.15) is 4.98 Å². The normalized spacial score (nSPS) is 24.1. The Labute approximate surface area is 103 Å². The van der Waals surface area contributed by atoms with E-state index in [1.807, 2.05) is 6.92 Å². The van der Waals surface area contributed by atoms with Crippen LogP contribution in [0.1, 0.15) is 11.8 Å². The Balaban J connectivity index is 2.19. The molecule has 0 aliphatic carbocycles. The van der Waals surface area contributed by atoms with Gasteiger partial charge in [-0.05, 0) is 6.92 Å². The zero-order valence-corrected chi connectivity index (χ0v) is 10.6. The van der Waals surface area contributed by atoms with Gasteiger partial charge < -0.3 is 15.2 Å². The summed E-state index contributed by atoms with van der Waals surface area (Å²) in [5, 5.41) is 0. The number of anilines is 1. The Morgan fingerprint density at radius 2 is 2.53 bits per heavy atom. The molecule has 1 aromatic heterocycles. The van der Waals surface area contributed by atoms with Gasteiger partial charge in [-0.1, -0.05) is 0 Å². The molecular weight excluding hydrogens is 242 g/mol. The van der Waals surface area contributed by atoms with Crippen molar-refractivity contribution in [3.05, 3.63) is 22.2 Å². The second-order valence-corrected chi connectivity index (χ2v) is 5.00. The Hall–Kier alpha value is -1.05. The minimum Gasteiger partial charge on any atom is -0.383 e. The molecule has 1 aromatic rings. The van der Waals surface area contributed by atoms with Crippen LogP contribution in [0.15, 0.2) is 11.0 Å². The highest BCUT2D eigenvalue weighted by Crippen LogP contribution is 2.31. The lowest BCUT2D eigenvalue weighted by Crippen LogP contribution is -2.29. The van der Waals surface area contributed by atoms with E-state index in [9.17, 15) is 4.79 Å². The maximum absolute atomic E-state index is 11.7. The quantitative estimate of drug-likeness (QED) is 0.842. The minimum atomic E-state index is -0.378. The van der Waals surface area contributed by atoms with Crippen LogP contribution < -0.4 is 11.4 Å². The highest BCUT2D eigenvalue weighted by molar-refractivity contribution is 8.00. The second kappa shape index (κ2) is 5.07. The number of aromatic nitrogens is 2. The van der Waals surface area contributed by atoms with Crippen molar-refractivity contribution in [2.75, 3.05) is 25.2 Å². The standard InChI is InChI=1S/C10H15N3O3S/c1-6-3-13(10(14)12-9(6)11)7-5-17-8(16-7)4-15-2/h3,7-8H,4-5H2,1-2H3,(H2,11,12,14). The Kier molecular flexibility index (Phi) is 3.70. The maximum Gasteiger partial charge on any atom is 0.351 e. The van der Waals surface area contributed by atoms with Gasteiger partial charge in [-0.15, -0.1) is 11.8 Å². The molecule has 0 aromatic carbocycles. The van der Waals surface area contributed by atoms with Gasteiger partial charge in [0.15, 0.2) is 0 Å². The summed E-state index contributed by atoms with van der Waals surface area (Å²) in [4.78, 5) is 15.4. The molecule has 2 atom stereocenters. The molecule has 17 heavy (non-hydrogen) atoms. The number of methoxy groups -OCH3 is 1. The second-order valence-electron chi connectivity index (χ2n) is 3.81. The fraction of sp³-hybridized carbons (Fsp3) is 0.600. The van der Waals surface area contributed by atoms with Crippen molar-refractivity contribution in [2.24, 2.45) is 0 Å². The molecule has 0 spiro atoms. The zero-order chi connectivity index (χ0) is 12.4. The average molecular weight is 257 g/mol. The molecule has 1 aliphatic heterocycles. The number of nitrogens with two attached hydrogens (primary N) is 1. The van der Waals surface area contributed by atoms with Crippen LogP contribution in [-0.2, 0) is 9.47 Å². The molecule has 0 amide bonds. The highest BCUT2D eigenvalue weighted by atomic mass is 32.2. The summed E-state index contributed by atoms with van der Waals surface area (Å²) in [5.74, 6) is 0.976. The molecular formula is C10H15N3O3S. The minimum absolute atomic E-state index is 0.0326. The van der Waals surface area contributed by atoms with Crippen LogP contribution in [0.2, 0.25) is 0 Å². The first kappa shape index (κ1) is 12.4. The van der Waals surface area contributed by atoms with Crippen LogP contribution in [0.5, 0.6) is 0 Å². The maximum atomic E-state index is 11.7. The van der Waals surface area contributed by atoms with E-state index in [-0.39, 0.29) is 23.2 Å². The molecule has 6 nitrogen and oxygen atoms in total. The van der Waals surface area contributed by atoms with Gasteiger partial charge in [0.2, 0.25) is 0 Å². The third-order valence-corrected chi connectivity index (χ3v) is 3.62. The van der Waals surface area contributed by atoms with Crippen LogP contribution >= 0.6 is 11.8 Å². The van der Waals surface area contributed by atoms with Crippen molar-refractivity contribution in [3.8, 4) is 0 Å². The molecule has 0 radical (unpaired) electrons. The van der Waals surface area contributed by atoms with Crippen molar-refractivity contribution in [3.63, 3.8) is 0 Å². The predicted molar refractivity (Wildman–Crippen MR) is 65.9 cm³/mol. The molecule has 7 heteroatoms. The molecule has 1 aliphatic rings. The number of hydrogen-bond acceptors (Lipinski definition) is 6. The molecule has 2 heterocycles. The topological polar surface area (TPSA) is 79.4 Å². The van der Waals surface area contributed by atoms with E-state index in [1.54, 1.807) is 25.1 Å². The number of rotatable bonds is 3. The molecule has 2 unspecified atom stereocenters. The third kappa shape index (κ3) is 2.62. The number of nitrogen functional groups attached to an aromatic ring is 1. The summed E-state index contributed by atoms with van der Waals surface area (Å²) >= 11 is 1.62.